The summed E-state index contributed by atoms with van der Waals surface area (Å²) in [7, 11) is 0. The molecule has 5 atom stereocenters. The number of aryl methyl sites for hydroxylation is 12. The summed E-state index contributed by atoms with van der Waals surface area (Å²) in [6, 6.07) is 73.2. The van der Waals surface area contributed by atoms with Gasteiger partial charge in [0.15, 0.2) is 0 Å². The molecular weight excluding hydrogens is 1270 g/mol. The Hall–Kier alpha value is -11.2. The van der Waals surface area contributed by atoms with Crippen molar-refractivity contribution in [2.24, 2.45) is 0 Å². The fraction of sp³-hybridized carbons (Fsp3) is 0.228. The zero-order chi connectivity index (χ0) is 72.6. The number of fused-ring (bicyclic) bond motifs is 5. The number of ether oxygens (including phenoxy) is 5. The Bertz CT molecular complexity index is 5090. The van der Waals surface area contributed by atoms with Gasteiger partial charge in [-0.05, 0) is 185 Å². The van der Waals surface area contributed by atoms with Crippen molar-refractivity contribution in [3.63, 3.8) is 0 Å². The molecule has 10 heteroatoms. The molecule has 0 bridgehead atoms. The normalized spacial score (nSPS) is 17.0. The summed E-state index contributed by atoms with van der Waals surface area (Å²) in [5.41, 5.74) is 26.9. The highest BCUT2D eigenvalue weighted by atomic mass is 16.6. The maximum absolute atomic E-state index is 12.6. The average molecular weight is 1350 g/mol. The van der Waals surface area contributed by atoms with E-state index in [4.69, 9.17) is 23.7 Å². The Kier molecular flexibility index (Phi) is 20.2. The lowest BCUT2D eigenvalue weighted by Gasteiger charge is -2.26. The Balaban J connectivity index is 0.000000121. The van der Waals surface area contributed by atoms with E-state index in [0.717, 1.165) is 123 Å². The van der Waals surface area contributed by atoms with Crippen LogP contribution in [0.1, 0.15) is 183 Å². The van der Waals surface area contributed by atoms with Gasteiger partial charge in [-0.1, -0.05) is 249 Å². The number of carbonyl (C=O) groups is 5. The molecule has 0 aromatic heterocycles. The highest BCUT2D eigenvalue weighted by Gasteiger charge is 2.41. The summed E-state index contributed by atoms with van der Waals surface area (Å²) < 4.78 is 27.3. The van der Waals surface area contributed by atoms with E-state index in [1.807, 2.05) is 182 Å². The quantitative estimate of drug-likeness (QED) is 0.112. The Morgan fingerprint density at radius 3 is 1.07 bits per heavy atom. The first-order valence-electron chi connectivity index (χ1n) is 34.8. The van der Waals surface area contributed by atoms with Crippen molar-refractivity contribution in [2.45, 2.75) is 139 Å². The van der Waals surface area contributed by atoms with Crippen molar-refractivity contribution in [2.75, 3.05) is 0 Å². The monoisotopic (exact) mass is 1350 g/mol. The molecular formula is C92H86O10. The highest BCUT2D eigenvalue weighted by Crippen LogP contribution is 2.47. The van der Waals surface area contributed by atoms with Gasteiger partial charge in [-0.3, -0.25) is 24.0 Å². The van der Waals surface area contributed by atoms with Gasteiger partial charge in [0.05, 0.1) is 0 Å². The third-order valence-corrected chi connectivity index (χ3v) is 20.6. The SMILES string of the molecule is Cc1cc(C)c2c(c1)C(c1ccc(C(C)(C)c3ccccc3)cc1)C(=O)O2.Cc1ccc(C2C(=O)Oc3c(C)cccc32)c(C)c1.Cc1ccc(C2C(=O)Oc3c(C)cccc32)cc1.Cc1ccc(C2C(=O)Oc3c(C)cccc32)cc1C.Cc1cccc(C2C(=O)Oc3c(C)cccc32)c1C. The molecule has 5 unspecified atom stereocenters. The van der Waals surface area contributed by atoms with Crippen molar-refractivity contribution in [3.05, 3.63) is 357 Å². The van der Waals surface area contributed by atoms with Crippen LogP contribution in [0, 0.1) is 90.0 Å². The number of carbonyl (C=O) groups excluding carboxylic acids is 5. The molecule has 0 radical (unpaired) electrons. The summed E-state index contributed by atoms with van der Waals surface area (Å²) in [6.45, 7) is 30.8. The Labute approximate surface area is 599 Å². The molecule has 11 aromatic rings. The Morgan fingerprint density at radius 1 is 0.235 bits per heavy atom. The van der Waals surface area contributed by atoms with Gasteiger partial charge in [-0.15, -0.1) is 0 Å². The largest absolute Gasteiger partial charge is 0.425 e. The number of hydrogen-bond acceptors (Lipinski definition) is 10. The average Bonchev–Trinajstić information content (AvgIpc) is 1.63. The summed E-state index contributed by atoms with van der Waals surface area (Å²) in [5, 5.41) is 0. The molecule has 0 saturated heterocycles. The van der Waals surface area contributed by atoms with Gasteiger partial charge in [-0.2, -0.15) is 0 Å². The molecule has 0 spiro atoms. The van der Waals surface area contributed by atoms with Crippen molar-refractivity contribution >= 4 is 29.8 Å². The van der Waals surface area contributed by atoms with Crippen LogP contribution in [-0.2, 0) is 29.4 Å². The van der Waals surface area contributed by atoms with E-state index >= 15 is 0 Å². The highest BCUT2D eigenvalue weighted by molar-refractivity contribution is 5.93. The smallest absolute Gasteiger partial charge is 0.323 e. The predicted octanol–water partition coefficient (Wildman–Crippen LogP) is 20.0. The minimum Gasteiger partial charge on any atom is -0.425 e. The van der Waals surface area contributed by atoms with Crippen molar-refractivity contribution in [1.82, 2.24) is 0 Å². The zero-order valence-corrected chi connectivity index (χ0v) is 60.8. The molecule has 5 heterocycles. The van der Waals surface area contributed by atoms with Crippen LogP contribution in [0.4, 0.5) is 0 Å². The summed E-state index contributed by atoms with van der Waals surface area (Å²) >= 11 is 0. The number of benzene rings is 11. The lowest BCUT2D eigenvalue weighted by Crippen LogP contribution is -2.19. The third kappa shape index (κ3) is 14.0. The van der Waals surface area contributed by atoms with E-state index in [9.17, 15) is 24.0 Å². The lowest BCUT2D eigenvalue weighted by molar-refractivity contribution is -0.134. The second-order valence-corrected chi connectivity index (χ2v) is 28.3. The van der Waals surface area contributed by atoms with Crippen LogP contribution in [0.3, 0.4) is 0 Å². The molecule has 514 valence electrons. The molecule has 5 aliphatic heterocycles. The maximum atomic E-state index is 12.6. The number of hydrogen-bond donors (Lipinski definition) is 0. The van der Waals surface area contributed by atoms with E-state index in [0.29, 0.717) is 0 Å². The standard InChI is InChI=1S/C25H24O2.3C17H16O2.C16H14O2/c1-16-14-17(2)23-21(15-16)22(24(26)27-23)18-10-12-20(13-11-18)25(3,4)19-8-6-5-7-9-19;1-10-6-4-8-13(12(10)3)15-14-9-5-7-11(2)16(14)19-17(15)18;1-10-7-8-13(9-12(10)3)15-14-6-4-5-11(2)16(14)19-17(15)18;1-10-7-8-13(12(3)9-10)15-14-6-4-5-11(2)16(14)19-17(15)18;1-10-6-8-12(9-7-10)14-13-5-3-4-11(2)15(13)18-16(14)17/h5-15,22H,1-4H3;3*4-9,15H,1-3H3;3-9,14H,1-2H3. The predicted molar refractivity (Wildman–Crippen MR) is 402 cm³/mol. The fourth-order valence-electron chi connectivity index (χ4n) is 14.5. The molecule has 0 amide bonds. The van der Waals surface area contributed by atoms with Crippen molar-refractivity contribution < 1.29 is 47.7 Å². The minimum absolute atomic E-state index is 0.0962. The second kappa shape index (κ2) is 29.2. The molecule has 11 aromatic carbocycles. The third-order valence-electron chi connectivity index (χ3n) is 20.6. The first kappa shape index (κ1) is 70.6. The second-order valence-electron chi connectivity index (χ2n) is 28.3. The summed E-state index contributed by atoms with van der Waals surface area (Å²) in [5.74, 6) is 1.31. The Morgan fingerprint density at radius 2 is 0.598 bits per heavy atom. The van der Waals surface area contributed by atoms with Gasteiger partial charge in [0.25, 0.3) is 0 Å². The van der Waals surface area contributed by atoms with Crippen LogP contribution < -0.4 is 23.7 Å². The van der Waals surface area contributed by atoms with Gasteiger partial charge in [0, 0.05) is 33.2 Å². The van der Waals surface area contributed by atoms with Crippen LogP contribution in [0.5, 0.6) is 28.7 Å². The van der Waals surface area contributed by atoms with Crippen LogP contribution in [0.15, 0.2) is 218 Å². The molecule has 0 saturated carbocycles. The molecule has 0 fully saturated rings. The summed E-state index contributed by atoms with van der Waals surface area (Å²) in [4.78, 5) is 61.2. The first-order valence-corrected chi connectivity index (χ1v) is 34.8. The van der Waals surface area contributed by atoms with Crippen molar-refractivity contribution in [3.8, 4) is 28.7 Å². The molecule has 10 nitrogen and oxygen atoms in total. The fourth-order valence-corrected chi connectivity index (χ4v) is 14.5. The van der Waals surface area contributed by atoms with Crippen LogP contribution in [0.2, 0.25) is 0 Å². The number of rotatable bonds is 7. The number of esters is 5. The first-order chi connectivity index (χ1) is 48.8. The van der Waals surface area contributed by atoms with Crippen molar-refractivity contribution in [1.29, 1.82) is 0 Å². The molecule has 16 rings (SSSR count). The zero-order valence-electron chi connectivity index (χ0n) is 60.8. The number of para-hydroxylation sites is 4. The van der Waals surface area contributed by atoms with E-state index in [1.54, 1.807) is 0 Å². The van der Waals surface area contributed by atoms with Gasteiger partial charge >= 0.3 is 29.8 Å². The van der Waals surface area contributed by atoms with E-state index < -0.39 is 0 Å². The van der Waals surface area contributed by atoms with Crippen LogP contribution >= 0.6 is 0 Å². The molecule has 0 N–H and O–H groups in total. The molecule has 0 aliphatic carbocycles. The van der Waals surface area contributed by atoms with E-state index in [1.165, 1.54) is 44.5 Å². The van der Waals surface area contributed by atoms with Gasteiger partial charge in [-0.25, -0.2) is 0 Å². The molecule has 5 aliphatic rings. The lowest BCUT2D eigenvalue weighted by atomic mass is 9.77. The summed E-state index contributed by atoms with van der Waals surface area (Å²) in [6.07, 6.45) is 0. The van der Waals surface area contributed by atoms with E-state index in [2.05, 4.69) is 140 Å². The molecule has 102 heavy (non-hydrogen) atoms. The van der Waals surface area contributed by atoms with Gasteiger partial charge in [0.2, 0.25) is 0 Å². The maximum Gasteiger partial charge on any atom is 0.323 e. The minimum atomic E-state index is -0.340. The van der Waals surface area contributed by atoms with Crippen LogP contribution in [0.25, 0.3) is 0 Å². The van der Waals surface area contributed by atoms with Gasteiger partial charge < -0.3 is 23.7 Å². The van der Waals surface area contributed by atoms with E-state index in [-0.39, 0.29) is 64.9 Å². The topological polar surface area (TPSA) is 132 Å². The van der Waals surface area contributed by atoms with Crippen LogP contribution in [-0.4, -0.2) is 29.8 Å². The van der Waals surface area contributed by atoms with Gasteiger partial charge in [0.1, 0.15) is 58.3 Å².